The molecular formula is C26H24BrFN2O3S. The Morgan fingerprint density at radius 3 is 2.76 bits per heavy atom. The Morgan fingerprint density at radius 2 is 2.00 bits per heavy atom. The van der Waals surface area contributed by atoms with E-state index in [1.165, 1.54) is 16.5 Å². The van der Waals surface area contributed by atoms with Gasteiger partial charge < -0.3 is 18.9 Å². The molecule has 0 fully saturated rings. The first kappa shape index (κ1) is 22.9. The van der Waals surface area contributed by atoms with Crippen molar-refractivity contribution in [3.8, 4) is 11.5 Å². The minimum Gasteiger partial charge on any atom is -0.493 e. The number of rotatable bonds is 5. The highest BCUT2D eigenvalue weighted by Gasteiger charge is 2.35. The molecule has 0 spiro atoms. The molecule has 1 atom stereocenters. The summed E-state index contributed by atoms with van der Waals surface area (Å²) in [5, 5.41) is 2.73. The lowest BCUT2D eigenvalue weighted by molar-refractivity contribution is 0.0666. The SMILES string of the molecule is COc1ccc(CC2c3scc(Br)c3CCN2C(=O)c2cn(C)c3c(F)cccc23)cc1OC. The lowest BCUT2D eigenvalue weighted by atomic mass is 9.94. The van der Waals surface area contributed by atoms with Gasteiger partial charge in [-0.05, 0) is 58.1 Å². The Morgan fingerprint density at radius 1 is 1.21 bits per heavy atom. The van der Waals surface area contributed by atoms with E-state index in [-0.39, 0.29) is 17.8 Å². The van der Waals surface area contributed by atoms with Gasteiger partial charge in [0.1, 0.15) is 5.82 Å². The summed E-state index contributed by atoms with van der Waals surface area (Å²) in [6, 6.07) is 10.6. The van der Waals surface area contributed by atoms with E-state index in [1.807, 2.05) is 29.2 Å². The van der Waals surface area contributed by atoms with E-state index in [0.29, 0.717) is 40.9 Å². The zero-order chi connectivity index (χ0) is 24.0. The number of aromatic nitrogens is 1. The van der Waals surface area contributed by atoms with Crippen LogP contribution in [-0.2, 0) is 19.9 Å². The van der Waals surface area contributed by atoms with Gasteiger partial charge in [-0.15, -0.1) is 11.3 Å². The van der Waals surface area contributed by atoms with Crippen LogP contribution in [0, 0.1) is 5.82 Å². The van der Waals surface area contributed by atoms with E-state index < -0.39 is 0 Å². The normalized spacial score (nSPS) is 15.4. The number of ether oxygens (including phenoxy) is 2. The molecule has 1 aliphatic heterocycles. The third kappa shape index (κ3) is 3.79. The smallest absolute Gasteiger partial charge is 0.256 e. The van der Waals surface area contributed by atoms with Crippen molar-refractivity contribution in [2.75, 3.05) is 20.8 Å². The summed E-state index contributed by atoms with van der Waals surface area (Å²) >= 11 is 5.34. The number of amides is 1. The van der Waals surface area contributed by atoms with Crippen molar-refractivity contribution >= 4 is 44.1 Å². The van der Waals surface area contributed by atoms with E-state index >= 15 is 0 Å². The summed E-state index contributed by atoms with van der Waals surface area (Å²) in [7, 11) is 5.00. The van der Waals surface area contributed by atoms with Gasteiger partial charge in [-0.1, -0.05) is 18.2 Å². The molecule has 34 heavy (non-hydrogen) atoms. The van der Waals surface area contributed by atoms with Crippen LogP contribution in [0.15, 0.2) is 52.4 Å². The van der Waals surface area contributed by atoms with Crippen LogP contribution in [0.2, 0.25) is 0 Å². The maximum atomic E-state index is 14.5. The molecule has 0 radical (unpaired) electrons. The Kier molecular flexibility index (Phi) is 6.12. The summed E-state index contributed by atoms with van der Waals surface area (Å²) in [6.07, 6.45) is 3.14. The Hall–Kier alpha value is -2.84. The lowest BCUT2D eigenvalue weighted by Gasteiger charge is -2.36. The number of fused-ring (bicyclic) bond motifs is 2. The van der Waals surface area contributed by atoms with E-state index in [0.717, 1.165) is 16.5 Å². The second-order valence-electron chi connectivity index (χ2n) is 8.37. The van der Waals surface area contributed by atoms with E-state index in [9.17, 15) is 9.18 Å². The number of carbonyl (C=O) groups excluding carboxylic acids is 1. The average Bonchev–Trinajstić information content (AvgIpc) is 3.39. The molecule has 2 aromatic heterocycles. The zero-order valence-electron chi connectivity index (χ0n) is 19.1. The van der Waals surface area contributed by atoms with Gasteiger partial charge in [0.25, 0.3) is 5.91 Å². The van der Waals surface area contributed by atoms with Gasteiger partial charge in [0.05, 0.1) is 31.3 Å². The molecule has 1 amide bonds. The lowest BCUT2D eigenvalue weighted by Crippen LogP contribution is -2.40. The third-order valence-electron chi connectivity index (χ3n) is 6.48. The van der Waals surface area contributed by atoms with Crippen molar-refractivity contribution in [3.63, 3.8) is 0 Å². The first-order chi connectivity index (χ1) is 16.4. The molecule has 1 unspecified atom stereocenters. The van der Waals surface area contributed by atoms with Gasteiger partial charge in [-0.3, -0.25) is 4.79 Å². The number of hydrogen-bond donors (Lipinski definition) is 0. The van der Waals surface area contributed by atoms with Gasteiger partial charge in [0.15, 0.2) is 11.5 Å². The second-order valence-corrected chi connectivity index (χ2v) is 10.1. The summed E-state index contributed by atoms with van der Waals surface area (Å²) < 4.78 is 28.2. The average molecular weight is 543 g/mol. The van der Waals surface area contributed by atoms with E-state index in [2.05, 4.69) is 21.3 Å². The molecule has 2 aromatic carbocycles. The molecule has 176 valence electrons. The molecule has 0 bridgehead atoms. The molecule has 5 rings (SSSR count). The molecule has 4 aromatic rings. The molecule has 1 aliphatic rings. The predicted molar refractivity (Wildman–Crippen MR) is 136 cm³/mol. The molecule has 5 nitrogen and oxygen atoms in total. The number of nitrogens with zero attached hydrogens (tertiary/aromatic N) is 2. The molecule has 0 saturated carbocycles. The van der Waals surface area contributed by atoms with Crippen molar-refractivity contribution in [1.29, 1.82) is 0 Å². The van der Waals surface area contributed by atoms with Crippen molar-refractivity contribution in [3.05, 3.63) is 79.8 Å². The van der Waals surface area contributed by atoms with Crippen LogP contribution in [0.25, 0.3) is 10.9 Å². The molecule has 3 heterocycles. The maximum Gasteiger partial charge on any atom is 0.256 e. The number of halogens is 2. The molecular weight excluding hydrogens is 519 g/mol. The minimum atomic E-state index is -0.330. The molecule has 0 N–H and O–H groups in total. The van der Waals surface area contributed by atoms with Crippen molar-refractivity contribution in [1.82, 2.24) is 9.47 Å². The minimum absolute atomic E-state index is 0.0863. The van der Waals surface area contributed by atoms with Crippen LogP contribution in [0.5, 0.6) is 11.5 Å². The Bertz CT molecular complexity index is 1400. The first-order valence-electron chi connectivity index (χ1n) is 10.9. The fourth-order valence-electron chi connectivity index (χ4n) is 4.85. The number of aryl methyl sites for hydroxylation is 1. The number of methoxy groups -OCH3 is 2. The fraction of sp³-hybridized carbons (Fsp3) is 0.269. The van der Waals surface area contributed by atoms with Crippen molar-refractivity contribution in [2.24, 2.45) is 7.05 Å². The highest BCUT2D eigenvalue weighted by Crippen LogP contribution is 2.42. The van der Waals surface area contributed by atoms with Gasteiger partial charge in [-0.2, -0.15) is 0 Å². The molecule has 8 heteroatoms. The van der Waals surface area contributed by atoms with Crippen LogP contribution in [-0.4, -0.2) is 36.1 Å². The molecule has 0 aliphatic carbocycles. The van der Waals surface area contributed by atoms with Gasteiger partial charge in [0.2, 0.25) is 0 Å². The van der Waals surface area contributed by atoms with E-state index in [4.69, 9.17) is 9.47 Å². The number of thiophene rings is 1. The van der Waals surface area contributed by atoms with Crippen molar-refractivity contribution < 1.29 is 18.7 Å². The van der Waals surface area contributed by atoms with Crippen molar-refractivity contribution in [2.45, 2.75) is 18.9 Å². The van der Waals surface area contributed by atoms with Crippen LogP contribution in [0.3, 0.4) is 0 Å². The van der Waals surface area contributed by atoms with Gasteiger partial charge in [0, 0.05) is 39.9 Å². The number of hydrogen-bond acceptors (Lipinski definition) is 4. The van der Waals surface area contributed by atoms with Crippen LogP contribution < -0.4 is 9.47 Å². The van der Waals surface area contributed by atoms with E-state index in [1.54, 1.807) is 49.4 Å². The standard InChI is InChI=1S/C26H24BrFN2O3S/c1-29-13-18(16-5-4-6-20(28)24(16)29)26(31)30-10-9-17-19(27)14-34-25(17)21(30)11-15-7-8-22(32-2)23(12-15)33-3/h4-8,12-14,21H,9-11H2,1-3H3. The Labute approximate surface area is 209 Å². The van der Waals surface area contributed by atoms with Gasteiger partial charge in [-0.25, -0.2) is 4.39 Å². The summed E-state index contributed by atoms with van der Waals surface area (Å²) in [6.45, 7) is 0.588. The van der Waals surface area contributed by atoms with Crippen LogP contribution >= 0.6 is 27.3 Å². The maximum absolute atomic E-state index is 14.5. The highest BCUT2D eigenvalue weighted by atomic mass is 79.9. The second kappa shape index (κ2) is 9.07. The summed E-state index contributed by atoms with van der Waals surface area (Å²) in [5.74, 6) is 0.909. The number of benzene rings is 2. The Balaban J connectivity index is 1.56. The monoisotopic (exact) mass is 542 g/mol. The summed E-state index contributed by atoms with van der Waals surface area (Å²) in [4.78, 5) is 17.0. The first-order valence-corrected chi connectivity index (χ1v) is 12.6. The number of carbonyl (C=O) groups is 1. The quantitative estimate of drug-likeness (QED) is 0.304. The van der Waals surface area contributed by atoms with Crippen LogP contribution in [0.1, 0.15) is 32.4 Å². The number of para-hydroxylation sites is 1. The molecule has 0 saturated heterocycles. The van der Waals surface area contributed by atoms with Gasteiger partial charge >= 0.3 is 0 Å². The zero-order valence-corrected chi connectivity index (χ0v) is 21.5. The largest absolute Gasteiger partial charge is 0.493 e. The fourth-order valence-corrected chi connectivity index (χ4v) is 6.77. The highest BCUT2D eigenvalue weighted by molar-refractivity contribution is 9.10. The predicted octanol–water partition coefficient (Wildman–Crippen LogP) is 6.14. The topological polar surface area (TPSA) is 43.7 Å². The summed E-state index contributed by atoms with van der Waals surface area (Å²) in [5.41, 5.74) is 3.26. The van der Waals surface area contributed by atoms with Crippen LogP contribution in [0.4, 0.5) is 4.39 Å². The third-order valence-corrected chi connectivity index (χ3v) is 8.61.